The van der Waals surface area contributed by atoms with Gasteiger partial charge in [0.05, 0.1) is 0 Å². The van der Waals surface area contributed by atoms with Crippen molar-refractivity contribution in [1.29, 1.82) is 0 Å². The average Bonchev–Trinajstić information content (AvgIpc) is 2.90. The number of carboxylic acids is 1. The van der Waals surface area contributed by atoms with E-state index in [4.69, 9.17) is 19.3 Å². The Balaban J connectivity index is 2.09. The summed E-state index contributed by atoms with van der Waals surface area (Å²) in [5, 5.41) is 11.9. The summed E-state index contributed by atoms with van der Waals surface area (Å²) in [5.74, 6) is -0.642. The zero-order chi connectivity index (χ0) is 15.4. The maximum atomic E-state index is 11.7. The molecule has 1 amide bonds. The Hall–Kier alpha value is -2.44. The molecule has 2 rings (SSSR count). The predicted molar refractivity (Wildman–Crippen MR) is 72.9 cm³/mol. The predicted octanol–water partition coefficient (Wildman–Crippen LogP) is 1.41. The highest BCUT2D eigenvalue weighted by atomic mass is 16.7. The van der Waals surface area contributed by atoms with Crippen molar-refractivity contribution in [3.05, 3.63) is 17.7 Å². The zero-order valence-corrected chi connectivity index (χ0v) is 11.8. The fraction of sp³-hybridized carbons (Fsp3) is 0.429. The van der Waals surface area contributed by atoms with Gasteiger partial charge in [0, 0.05) is 18.2 Å². The lowest BCUT2D eigenvalue weighted by Gasteiger charge is -2.13. The van der Waals surface area contributed by atoms with Crippen LogP contribution in [0.25, 0.3) is 0 Å². The third-order valence-electron chi connectivity index (χ3n) is 3.08. The molecule has 114 valence electrons. The Bertz CT molecular complexity index is 557. The van der Waals surface area contributed by atoms with Crippen LogP contribution in [-0.2, 0) is 4.79 Å². The molecule has 1 aromatic rings. The van der Waals surface area contributed by atoms with Crippen molar-refractivity contribution in [1.82, 2.24) is 5.32 Å². The zero-order valence-electron chi connectivity index (χ0n) is 11.8. The van der Waals surface area contributed by atoms with E-state index in [1.807, 2.05) is 13.8 Å². The molecule has 1 heterocycles. The van der Waals surface area contributed by atoms with Gasteiger partial charge >= 0.3 is 5.97 Å². The van der Waals surface area contributed by atoms with Crippen molar-refractivity contribution in [3.63, 3.8) is 0 Å². The molecule has 1 aliphatic rings. The molecule has 1 aromatic carbocycles. The summed E-state index contributed by atoms with van der Waals surface area (Å²) >= 11 is 0. The van der Waals surface area contributed by atoms with Gasteiger partial charge in [0.15, 0.2) is 18.1 Å². The van der Waals surface area contributed by atoms with Crippen LogP contribution >= 0.6 is 0 Å². The topological polar surface area (TPSA) is 94.1 Å². The van der Waals surface area contributed by atoms with Gasteiger partial charge in [-0.2, -0.15) is 0 Å². The number of carboxylic acid groups (broad SMARTS) is 1. The van der Waals surface area contributed by atoms with Gasteiger partial charge in [-0.3, -0.25) is 4.79 Å². The van der Waals surface area contributed by atoms with Crippen LogP contribution in [0.5, 0.6) is 17.2 Å². The summed E-state index contributed by atoms with van der Waals surface area (Å²) < 4.78 is 15.6. The summed E-state index contributed by atoms with van der Waals surface area (Å²) in [7, 11) is 0. The second kappa shape index (κ2) is 6.34. The number of carbonyl (C=O) groups excluding carboxylic acids is 1. The fourth-order valence-corrected chi connectivity index (χ4v) is 1.77. The molecule has 2 N–H and O–H groups in total. The van der Waals surface area contributed by atoms with Gasteiger partial charge in [0.1, 0.15) is 11.3 Å². The van der Waals surface area contributed by atoms with Gasteiger partial charge in [-0.1, -0.05) is 6.92 Å². The van der Waals surface area contributed by atoms with Crippen LogP contribution in [0.15, 0.2) is 12.1 Å². The van der Waals surface area contributed by atoms with Crippen molar-refractivity contribution in [2.45, 2.75) is 26.3 Å². The first kappa shape index (κ1) is 15.0. The maximum absolute atomic E-state index is 11.7. The molecule has 21 heavy (non-hydrogen) atoms. The summed E-state index contributed by atoms with van der Waals surface area (Å²) in [6.07, 6.45) is 0.802. The molecule has 0 fully saturated rings. The molecule has 0 aliphatic carbocycles. The lowest BCUT2D eigenvalue weighted by Crippen LogP contribution is -2.35. The molecular weight excluding hydrogens is 278 g/mol. The van der Waals surface area contributed by atoms with E-state index in [1.54, 1.807) is 0 Å². The van der Waals surface area contributed by atoms with Crippen LogP contribution in [0.4, 0.5) is 0 Å². The molecule has 0 radical (unpaired) electrons. The van der Waals surface area contributed by atoms with Crippen LogP contribution in [-0.4, -0.2) is 36.4 Å². The van der Waals surface area contributed by atoms with E-state index < -0.39 is 5.97 Å². The van der Waals surface area contributed by atoms with Crippen molar-refractivity contribution in [2.75, 3.05) is 13.4 Å². The second-order valence-electron chi connectivity index (χ2n) is 4.67. The van der Waals surface area contributed by atoms with Crippen LogP contribution in [0, 0.1) is 0 Å². The Morgan fingerprint density at radius 1 is 1.38 bits per heavy atom. The van der Waals surface area contributed by atoms with E-state index in [-0.39, 0.29) is 36.7 Å². The van der Waals surface area contributed by atoms with E-state index in [2.05, 4.69) is 5.32 Å². The number of rotatable bonds is 6. The van der Waals surface area contributed by atoms with Crippen molar-refractivity contribution < 1.29 is 28.9 Å². The number of carbonyl (C=O) groups is 2. The first-order valence-electron chi connectivity index (χ1n) is 6.60. The number of fused-ring (bicyclic) bond motifs is 1. The van der Waals surface area contributed by atoms with Gasteiger partial charge < -0.3 is 24.6 Å². The minimum atomic E-state index is -1.16. The largest absolute Gasteiger partial charge is 0.483 e. The third kappa shape index (κ3) is 3.56. The van der Waals surface area contributed by atoms with E-state index in [0.717, 1.165) is 6.42 Å². The number of benzene rings is 1. The molecule has 0 aromatic heterocycles. The molecule has 7 heteroatoms. The Morgan fingerprint density at radius 2 is 2.05 bits per heavy atom. The van der Waals surface area contributed by atoms with Crippen molar-refractivity contribution >= 4 is 11.9 Å². The van der Waals surface area contributed by atoms with E-state index in [1.165, 1.54) is 12.1 Å². The SMILES string of the molecule is CCC(C)NC(=O)COc1cc2c(cc1C(=O)O)OCO2. The molecule has 1 unspecified atom stereocenters. The number of amides is 1. The Morgan fingerprint density at radius 3 is 2.67 bits per heavy atom. The molecular formula is C14H17NO6. The number of ether oxygens (including phenoxy) is 3. The molecule has 0 bridgehead atoms. The summed E-state index contributed by atoms with van der Waals surface area (Å²) in [5.41, 5.74) is -0.0735. The fourth-order valence-electron chi connectivity index (χ4n) is 1.77. The molecule has 7 nitrogen and oxygen atoms in total. The summed E-state index contributed by atoms with van der Waals surface area (Å²) in [4.78, 5) is 22.9. The maximum Gasteiger partial charge on any atom is 0.339 e. The minimum Gasteiger partial charge on any atom is -0.483 e. The van der Waals surface area contributed by atoms with E-state index in [0.29, 0.717) is 11.5 Å². The molecule has 0 saturated carbocycles. The van der Waals surface area contributed by atoms with Crippen LogP contribution in [0.1, 0.15) is 30.6 Å². The van der Waals surface area contributed by atoms with Gasteiger partial charge in [-0.25, -0.2) is 4.79 Å². The second-order valence-corrected chi connectivity index (χ2v) is 4.67. The van der Waals surface area contributed by atoms with Crippen LogP contribution in [0.2, 0.25) is 0 Å². The van der Waals surface area contributed by atoms with Gasteiger partial charge in [0.2, 0.25) is 6.79 Å². The highest BCUT2D eigenvalue weighted by molar-refractivity contribution is 5.92. The van der Waals surface area contributed by atoms with E-state index in [9.17, 15) is 9.59 Å². The van der Waals surface area contributed by atoms with Crippen molar-refractivity contribution in [3.8, 4) is 17.2 Å². The minimum absolute atomic E-state index is 0.0341. The smallest absolute Gasteiger partial charge is 0.339 e. The first-order chi connectivity index (χ1) is 10.0. The van der Waals surface area contributed by atoms with E-state index >= 15 is 0 Å². The number of aromatic carboxylic acids is 1. The number of hydrogen-bond donors (Lipinski definition) is 2. The third-order valence-corrected chi connectivity index (χ3v) is 3.08. The summed E-state index contributed by atoms with van der Waals surface area (Å²) in [6, 6.07) is 2.78. The van der Waals surface area contributed by atoms with Gasteiger partial charge in [0.25, 0.3) is 5.91 Å². The van der Waals surface area contributed by atoms with Gasteiger partial charge in [-0.15, -0.1) is 0 Å². The number of hydrogen-bond acceptors (Lipinski definition) is 5. The standard InChI is InChI=1S/C14H17NO6/c1-3-8(2)15-13(16)6-19-10-5-12-11(20-7-21-12)4-9(10)14(17)18/h4-5,8H,3,6-7H2,1-2H3,(H,15,16)(H,17,18). The molecule has 1 aliphatic heterocycles. The average molecular weight is 295 g/mol. The molecule has 0 saturated heterocycles. The van der Waals surface area contributed by atoms with Crippen LogP contribution in [0.3, 0.4) is 0 Å². The Labute approximate surface area is 121 Å². The molecule has 0 spiro atoms. The normalized spacial score (nSPS) is 13.6. The lowest BCUT2D eigenvalue weighted by molar-refractivity contribution is -0.123. The highest BCUT2D eigenvalue weighted by Gasteiger charge is 2.22. The van der Waals surface area contributed by atoms with Crippen molar-refractivity contribution in [2.24, 2.45) is 0 Å². The van der Waals surface area contributed by atoms with Gasteiger partial charge in [-0.05, 0) is 13.3 Å². The number of nitrogens with one attached hydrogen (secondary N) is 1. The first-order valence-corrected chi connectivity index (χ1v) is 6.60. The quantitative estimate of drug-likeness (QED) is 0.824. The van der Waals surface area contributed by atoms with Crippen LogP contribution < -0.4 is 19.5 Å². The molecule has 1 atom stereocenters. The lowest BCUT2D eigenvalue weighted by atomic mass is 10.2. The highest BCUT2D eigenvalue weighted by Crippen LogP contribution is 2.38. The Kier molecular flexibility index (Phi) is 4.52. The monoisotopic (exact) mass is 295 g/mol. The summed E-state index contributed by atoms with van der Waals surface area (Å²) in [6.45, 7) is 3.60.